The van der Waals surface area contributed by atoms with Gasteiger partial charge in [-0.25, -0.2) is 0 Å². The summed E-state index contributed by atoms with van der Waals surface area (Å²) >= 11 is 0. The van der Waals surface area contributed by atoms with Crippen LogP contribution in [0.5, 0.6) is 0 Å². The molecule has 2 heteroatoms. The molecule has 0 N–H and O–H groups in total. The zero-order valence-corrected chi connectivity index (χ0v) is 63.9. The maximum atomic E-state index is 6.63. The Bertz CT molecular complexity index is 5050. The van der Waals surface area contributed by atoms with Crippen molar-refractivity contribution in [1.82, 2.24) is 0 Å². The first-order valence-corrected chi connectivity index (χ1v) is 41.5. The third-order valence-corrected chi connectivity index (χ3v) is 26.7. The lowest BCUT2D eigenvalue weighted by Crippen LogP contribution is -2.27. The highest BCUT2D eigenvalue weighted by molar-refractivity contribution is 6.20. The molecule has 2 nitrogen and oxygen atoms in total. The molecule has 0 amide bonds. The lowest BCUT2D eigenvalue weighted by Gasteiger charge is -2.35. The van der Waals surface area contributed by atoms with Crippen molar-refractivity contribution >= 4 is 65.4 Å². The van der Waals surface area contributed by atoms with E-state index in [1.807, 2.05) is 0 Å². The molecule has 0 atom stereocenters. The molecule has 0 saturated carbocycles. The molecule has 0 aliphatic heterocycles. The van der Waals surface area contributed by atoms with Gasteiger partial charge >= 0.3 is 0 Å². The Balaban J connectivity index is 0.888. The molecule has 13 aromatic rings. The van der Waals surface area contributed by atoms with E-state index in [9.17, 15) is 0 Å². The second kappa shape index (κ2) is 28.1. The van der Waals surface area contributed by atoms with Crippen molar-refractivity contribution in [2.45, 2.75) is 257 Å². The first kappa shape index (κ1) is 68.6. The van der Waals surface area contributed by atoms with Gasteiger partial charge in [0.2, 0.25) is 0 Å². The Hall–Kier alpha value is -8.46. The van der Waals surface area contributed by atoms with Gasteiger partial charge in [-0.1, -0.05) is 319 Å². The molecule has 0 bridgehead atoms. The van der Waals surface area contributed by atoms with E-state index in [1.54, 1.807) is 33.4 Å². The fourth-order valence-electron chi connectivity index (χ4n) is 21.2. The molecule has 17 rings (SSSR count). The number of furan rings is 2. The molecule has 0 fully saturated rings. The van der Waals surface area contributed by atoms with Crippen LogP contribution in [-0.4, -0.2) is 0 Å². The summed E-state index contributed by atoms with van der Waals surface area (Å²) in [5.74, 6) is 0. The van der Waals surface area contributed by atoms with Crippen molar-refractivity contribution in [1.29, 1.82) is 0 Å². The summed E-state index contributed by atoms with van der Waals surface area (Å²) in [4.78, 5) is 0. The number of para-hydroxylation sites is 2. The van der Waals surface area contributed by atoms with Crippen molar-refractivity contribution in [2.75, 3.05) is 0 Å². The first-order valence-electron chi connectivity index (χ1n) is 41.5. The summed E-state index contributed by atoms with van der Waals surface area (Å²) in [6.45, 7) is 19.7. The van der Waals surface area contributed by atoms with Crippen molar-refractivity contribution in [3.63, 3.8) is 0 Å². The van der Waals surface area contributed by atoms with Crippen LogP contribution in [0.2, 0.25) is 0 Å². The lowest BCUT2D eigenvalue weighted by molar-refractivity contribution is 0.394. The van der Waals surface area contributed by atoms with Crippen molar-refractivity contribution in [2.24, 2.45) is 0 Å². The number of hydrogen-bond donors (Lipinski definition) is 0. The first-order chi connectivity index (χ1) is 50.9. The standard InChI is InChI=1S/C102H110O2/c1-9-13-17-21-25-37-55-101(56-38-26-22-18-14-10-2)85-63-80-78-62-84-82(96-70-46-32-30-44-68(70)76(60-90(96)100(84,7)8)72-50-42-54-94-98(72)74-48-34-36-52-92(74)104-94)66-88(78)102(57-39-27-23-19-15-11-3,58-40-28-24-20-16-12-4)86(80)64-79(85)77-61-83-81(65-87(77)101)95-69-45-31-29-43-67(69)75(59-89(95)99(83,5)6)71-49-41-53-93-97(71)73-47-33-35-51-91(73)103-93/h29-36,41-54,59-66H,9-28,37-40,55-58H2,1-8H3. The topological polar surface area (TPSA) is 26.3 Å². The Morgan fingerprint density at radius 3 is 0.837 bits per heavy atom. The van der Waals surface area contributed by atoms with E-state index in [-0.39, 0.29) is 21.7 Å². The molecule has 11 aromatic carbocycles. The van der Waals surface area contributed by atoms with Gasteiger partial charge in [-0.3, -0.25) is 0 Å². The van der Waals surface area contributed by atoms with Gasteiger partial charge in [-0.2, -0.15) is 0 Å². The Labute approximate surface area is 620 Å². The summed E-state index contributed by atoms with van der Waals surface area (Å²) in [6.07, 6.45) is 35.8. The number of rotatable bonds is 30. The summed E-state index contributed by atoms with van der Waals surface area (Å²) in [5, 5.41) is 10.1. The molecule has 0 saturated heterocycles. The lowest BCUT2D eigenvalue weighted by atomic mass is 9.68. The third kappa shape index (κ3) is 11.2. The molecule has 2 heterocycles. The van der Waals surface area contributed by atoms with E-state index in [2.05, 4.69) is 237 Å². The Morgan fingerprint density at radius 2 is 0.490 bits per heavy atom. The van der Waals surface area contributed by atoms with Gasteiger partial charge < -0.3 is 8.83 Å². The van der Waals surface area contributed by atoms with Crippen LogP contribution >= 0.6 is 0 Å². The predicted molar refractivity (Wildman–Crippen MR) is 446 cm³/mol. The molecule has 2 aromatic heterocycles. The predicted octanol–water partition coefficient (Wildman–Crippen LogP) is 31.3. The molecule has 530 valence electrons. The summed E-state index contributed by atoms with van der Waals surface area (Å²) in [7, 11) is 0. The van der Waals surface area contributed by atoms with Crippen LogP contribution in [0.3, 0.4) is 0 Å². The SMILES string of the molecule is CCCCCCCCC1(CCCCCCCC)c2cc3c(cc2-c2cc4c(cc21)-c1cc2c(cc1C4(CCCCCCCC)CCCCCCCC)-c1c(cc(-c4cccc5oc6ccccc6c45)c4ccccc14)C2(C)C)C(C)(C)c1cc(-c2cccc4oc5ccccc5c24)c2ccccc2c1-3. The fourth-order valence-corrected chi connectivity index (χ4v) is 21.2. The normalized spacial score (nSPS) is 15.2. The van der Waals surface area contributed by atoms with Crippen LogP contribution in [0.25, 0.3) is 132 Å². The molecule has 0 unspecified atom stereocenters. The van der Waals surface area contributed by atoms with E-state index in [1.165, 1.54) is 301 Å². The van der Waals surface area contributed by atoms with Crippen LogP contribution in [0, 0.1) is 0 Å². The third-order valence-electron chi connectivity index (χ3n) is 26.7. The minimum absolute atomic E-state index is 0.139. The molecule has 4 aliphatic carbocycles. The maximum Gasteiger partial charge on any atom is 0.136 e. The minimum Gasteiger partial charge on any atom is -0.456 e. The van der Waals surface area contributed by atoms with E-state index in [0.29, 0.717) is 0 Å². The van der Waals surface area contributed by atoms with Crippen molar-refractivity contribution in [3.8, 4) is 66.8 Å². The smallest absolute Gasteiger partial charge is 0.136 e. The van der Waals surface area contributed by atoms with Crippen LogP contribution in [0.1, 0.15) is 280 Å². The summed E-state index contributed by atoms with van der Waals surface area (Å²) < 4.78 is 13.3. The Kier molecular flexibility index (Phi) is 18.6. The van der Waals surface area contributed by atoms with Gasteiger partial charge in [0, 0.05) is 43.2 Å². The monoisotopic (exact) mass is 1370 g/mol. The van der Waals surface area contributed by atoms with E-state index in [4.69, 9.17) is 8.83 Å². The quantitative estimate of drug-likeness (QED) is 0.0420. The maximum absolute atomic E-state index is 6.63. The summed E-state index contributed by atoms with van der Waals surface area (Å²) in [6, 6.07) is 72.0. The highest BCUT2D eigenvalue weighted by Crippen LogP contribution is 2.66. The van der Waals surface area contributed by atoms with Gasteiger partial charge in [0.05, 0.1) is 0 Å². The second-order valence-electron chi connectivity index (χ2n) is 33.7. The number of hydrogen-bond acceptors (Lipinski definition) is 2. The minimum atomic E-state index is -0.267. The number of fused-ring (bicyclic) bond motifs is 22. The number of benzene rings is 11. The molecular formula is C102H110O2. The van der Waals surface area contributed by atoms with Crippen LogP contribution < -0.4 is 0 Å². The van der Waals surface area contributed by atoms with E-state index in [0.717, 1.165) is 22.3 Å². The van der Waals surface area contributed by atoms with E-state index < -0.39 is 0 Å². The van der Waals surface area contributed by atoms with Crippen LogP contribution in [-0.2, 0) is 21.7 Å². The molecule has 104 heavy (non-hydrogen) atoms. The van der Waals surface area contributed by atoms with Gasteiger partial charge in [0.1, 0.15) is 22.3 Å². The molecule has 4 aliphatic rings. The van der Waals surface area contributed by atoms with Gasteiger partial charge in [0.25, 0.3) is 0 Å². The van der Waals surface area contributed by atoms with Gasteiger partial charge in [-0.15, -0.1) is 0 Å². The van der Waals surface area contributed by atoms with Gasteiger partial charge in [0.15, 0.2) is 0 Å². The highest BCUT2D eigenvalue weighted by Gasteiger charge is 2.51. The largest absolute Gasteiger partial charge is 0.456 e. The average molecular weight is 1370 g/mol. The van der Waals surface area contributed by atoms with Gasteiger partial charge in [-0.05, 0) is 231 Å². The fraction of sp³-hybridized carbons (Fsp3) is 0.392. The highest BCUT2D eigenvalue weighted by atomic mass is 16.3. The van der Waals surface area contributed by atoms with E-state index >= 15 is 0 Å². The average Bonchev–Trinajstić information content (AvgIpc) is 1.51. The zero-order valence-electron chi connectivity index (χ0n) is 63.9. The summed E-state index contributed by atoms with van der Waals surface area (Å²) in [5.41, 5.74) is 32.4. The van der Waals surface area contributed by atoms with Crippen LogP contribution in [0.15, 0.2) is 191 Å². The molecular weight excluding hydrogens is 1260 g/mol. The zero-order chi connectivity index (χ0) is 70.9. The molecule has 0 radical (unpaired) electrons. The van der Waals surface area contributed by atoms with Crippen molar-refractivity contribution < 1.29 is 8.83 Å². The van der Waals surface area contributed by atoms with Crippen LogP contribution in [0.4, 0.5) is 0 Å². The Morgan fingerprint density at radius 1 is 0.221 bits per heavy atom. The number of unbranched alkanes of at least 4 members (excludes halogenated alkanes) is 20. The second-order valence-corrected chi connectivity index (χ2v) is 33.7. The molecule has 0 spiro atoms. The van der Waals surface area contributed by atoms with Crippen molar-refractivity contribution in [3.05, 3.63) is 226 Å².